The van der Waals surface area contributed by atoms with Crippen molar-refractivity contribution in [1.29, 1.82) is 0 Å². The van der Waals surface area contributed by atoms with Crippen LogP contribution in [0.1, 0.15) is 23.6 Å². The normalized spacial score (nSPS) is 11.0. The maximum absolute atomic E-state index is 4.60. The summed E-state index contributed by atoms with van der Waals surface area (Å²) >= 11 is 0. The van der Waals surface area contributed by atoms with Crippen LogP contribution in [-0.2, 0) is 0 Å². The molecule has 122 valence electrons. The van der Waals surface area contributed by atoms with Gasteiger partial charge in [-0.2, -0.15) is 0 Å². The Balaban J connectivity index is 2.32. The van der Waals surface area contributed by atoms with Crippen LogP contribution < -0.4 is 4.90 Å². The van der Waals surface area contributed by atoms with Gasteiger partial charge in [0.15, 0.2) is 0 Å². The highest BCUT2D eigenvalue weighted by molar-refractivity contribution is 5.72. The predicted octanol–water partition coefficient (Wildman–Crippen LogP) is 4.99. The van der Waals surface area contributed by atoms with E-state index in [9.17, 15) is 0 Å². The van der Waals surface area contributed by atoms with Crippen LogP contribution in [0.15, 0.2) is 41.4 Å². The number of anilines is 2. The lowest BCUT2D eigenvalue weighted by Crippen LogP contribution is -2.14. The van der Waals surface area contributed by atoms with Crippen molar-refractivity contribution in [2.75, 3.05) is 25.5 Å². The fraction of sp³-hybridized carbons (Fsp3) is 0.350. The third-order valence-electron chi connectivity index (χ3n) is 4.19. The Morgan fingerprint density at radius 3 is 2.22 bits per heavy atom. The van der Waals surface area contributed by atoms with E-state index in [2.05, 4.69) is 85.9 Å². The summed E-state index contributed by atoms with van der Waals surface area (Å²) in [5.74, 6) is 0. The molecule has 3 heteroatoms. The zero-order valence-corrected chi connectivity index (χ0v) is 15.1. The highest BCUT2D eigenvalue weighted by Crippen LogP contribution is 2.32. The molecule has 23 heavy (non-hydrogen) atoms. The van der Waals surface area contributed by atoms with Gasteiger partial charge in [0, 0.05) is 32.0 Å². The van der Waals surface area contributed by atoms with Crippen molar-refractivity contribution in [2.24, 2.45) is 4.99 Å². The summed E-state index contributed by atoms with van der Waals surface area (Å²) in [6.07, 6.45) is 1.89. The number of aryl methyl sites for hydroxylation is 3. The minimum Gasteiger partial charge on any atom is -0.366 e. The third-order valence-corrected chi connectivity index (χ3v) is 4.19. The maximum Gasteiger partial charge on any atom is 0.0909 e. The van der Waals surface area contributed by atoms with E-state index in [-0.39, 0.29) is 0 Å². The number of hydrogen-bond acceptors (Lipinski definition) is 2. The van der Waals surface area contributed by atoms with Crippen LogP contribution in [0.4, 0.5) is 17.1 Å². The fourth-order valence-electron chi connectivity index (χ4n) is 2.44. The van der Waals surface area contributed by atoms with Gasteiger partial charge in [0.25, 0.3) is 0 Å². The summed E-state index contributed by atoms with van der Waals surface area (Å²) in [6, 6.07) is 13.0. The Morgan fingerprint density at radius 1 is 0.957 bits per heavy atom. The lowest BCUT2D eigenvalue weighted by atomic mass is 10.1. The molecule has 0 unspecified atom stereocenters. The van der Waals surface area contributed by atoms with Gasteiger partial charge in [0.05, 0.1) is 12.0 Å². The van der Waals surface area contributed by atoms with Crippen LogP contribution in [0.2, 0.25) is 0 Å². The van der Waals surface area contributed by atoms with Gasteiger partial charge in [-0.25, -0.2) is 4.99 Å². The summed E-state index contributed by atoms with van der Waals surface area (Å²) in [5, 5.41) is 0. The molecule has 2 aromatic carbocycles. The molecule has 0 fully saturated rings. The van der Waals surface area contributed by atoms with Crippen LogP contribution >= 0.6 is 0 Å². The molecule has 0 saturated carbocycles. The summed E-state index contributed by atoms with van der Waals surface area (Å²) in [7, 11) is 4.14. The summed E-state index contributed by atoms with van der Waals surface area (Å²) in [6.45, 7) is 9.44. The molecule has 0 aliphatic rings. The minimum absolute atomic E-state index is 0.954. The predicted molar refractivity (Wildman–Crippen MR) is 102 cm³/mol. The highest BCUT2D eigenvalue weighted by atomic mass is 15.1. The molecule has 0 bridgehead atoms. The smallest absolute Gasteiger partial charge is 0.0909 e. The second-order valence-corrected chi connectivity index (χ2v) is 6.14. The van der Waals surface area contributed by atoms with E-state index < -0.39 is 0 Å². The summed E-state index contributed by atoms with van der Waals surface area (Å²) in [4.78, 5) is 8.90. The summed E-state index contributed by atoms with van der Waals surface area (Å²) in [5.41, 5.74) is 7.13. The molecule has 0 N–H and O–H groups in total. The van der Waals surface area contributed by atoms with Gasteiger partial charge in [0.2, 0.25) is 0 Å². The quantitative estimate of drug-likeness (QED) is 0.572. The van der Waals surface area contributed by atoms with E-state index in [1.807, 2.05) is 13.4 Å². The van der Waals surface area contributed by atoms with Crippen molar-refractivity contribution in [3.8, 4) is 0 Å². The Bertz CT molecular complexity index is 687. The lowest BCUT2D eigenvalue weighted by Gasteiger charge is -2.23. The van der Waals surface area contributed by atoms with Gasteiger partial charge in [-0.05, 0) is 63.1 Å². The molecule has 0 atom stereocenters. The van der Waals surface area contributed by atoms with Crippen molar-refractivity contribution in [3.05, 3.63) is 53.1 Å². The van der Waals surface area contributed by atoms with Gasteiger partial charge in [-0.1, -0.05) is 17.7 Å². The van der Waals surface area contributed by atoms with Crippen molar-refractivity contribution >= 4 is 23.4 Å². The van der Waals surface area contributed by atoms with Crippen molar-refractivity contribution in [2.45, 2.75) is 27.7 Å². The Morgan fingerprint density at radius 2 is 1.61 bits per heavy atom. The Kier molecular flexibility index (Phi) is 5.43. The van der Waals surface area contributed by atoms with Gasteiger partial charge in [-0.3, -0.25) is 0 Å². The molecule has 0 aliphatic heterocycles. The second kappa shape index (κ2) is 7.32. The minimum atomic E-state index is 0.954. The van der Waals surface area contributed by atoms with Crippen molar-refractivity contribution in [3.63, 3.8) is 0 Å². The first kappa shape index (κ1) is 17.1. The molecule has 0 spiro atoms. The molecule has 0 aliphatic carbocycles. The van der Waals surface area contributed by atoms with Gasteiger partial charge in [-0.15, -0.1) is 0 Å². The average Bonchev–Trinajstić information content (AvgIpc) is 2.55. The highest BCUT2D eigenvalue weighted by Gasteiger charge is 2.10. The number of nitrogens with zero attached hydrogens (tertiary/aromatic N) is 3. The largest absolute Gasteiger partial charge is 0.366 e. The van der Waals surface area contributed by atoms with Gasteiger partial charge >= 0.3 is 0 Å². The first-order chi connectivity index (χ1) is 10.9. The molecule has 0 aromatic heterocycles. The topological polar surface area (TPSA) is 18.8 Å². The van der Waals surface area contributed by atoms with Crippen molar-refractivity contribution < 1.29 is 0 Å². The van der Waals surface area contributed by atoms with E-state index in [0.717, 1.165) is 12.2 Å². The molecule has 0 heterocycles. The SMILES string of the molecule is CCN(C)C=Nc1cc(C)c(N(C)c2ccc(C)cc2)cc1C. The van der Waals surface area contributed by atoms with E-state index in [0.29, 0.717) is 0 Å². The summed E-state index contributed by atoms with van der Waals surface area (Å²) < 4.78 is 0. The van der Waals surface area contributed by atoms with E-state index in [4.69, 9.17) is 0 Å². The van der Waals surface area contributed by atoms with Gasteiger partial charge < -0.3 is 9.80 Å². The molecule has 3 nitrogen and oxygen atoms in total. The molecular weight excluding hydrogens is 282 g/mol. The van der Waals surface area contributed by atoms with E-state index >= 15 is 0 Å². The zero-order valence-electron chi connectivity index (χ0n) is 15.1. The van der Waals surface area contributed by atoms with Crippen LogP contribution in [0.25, 0.3) is 0 Å². The molecule has 0 saturated heterocycles. The first-order valence-electron chi connectivity index (χ1n) is 8.08. The number of aliphatic imine (C=N–C) groups is 1. The molecule has 0 radical (unpaired) electrons. The zero-order chi connectivity index (χ0) is 17.0. The average molecular weight is 309 g/mol. The van der Waals surface area contributed by atoms with Crippen LogP contribution in [0.3, 0.4) is 0 Å². The lowest BCUT2D eigenvalue weighted by molar-refractivity contribution is 0.552. The Labute approximate surface area is 140 Å². The number of hydrogen-bond donors (Lipinski definition) is 0. The number of rotatable bonds is 5. The fourth-order valence-corrected chi connectivity index (χ4v) is 2.44. The van der Waals surface area contributed by atoms with Crippen LogP contribution in [0, 0.1) is 20.8 Å². The van der Waals surface area contributed by atoms with E-state index in [1.165, 1.54) is 28.1 Å². The van der Waals surface area contributed by atoms with Crippen LogP contribution in [0.5, 0.6) is 0 Å². The molecular formula is C20H27N3. The second-order valence-electron chi connectivity index (χ2n) is 6.14. The van der Waals surface area contributed by atoms with E-state index in [1.54, 1.807) is 0 Å². The van der Waals surface area contributed by atoms with Crippen LogP contribution in [-0.4, -0.2) is 31.9 Å². The monoisotopic (exact) mass is 309 g/mol. The molecule has 0 amide bonds. The van der Waals surface area contributed by atoms with Gasteiger partial charge in [0.1, 0.15) is 0 Å². The first-order valence-corrected chi connectivity index (χ1v) is 8.08. The molecule has 2 aromatic rings. The Hall–Kier alpha value is -2.29. The van der Waals surface area contributed by atoms with Crippen molar-refractivity contribution in [1.82, 2.24) is 4.90 Å². The maximum atomic E-state index is 4.60. The third kappa shape index (κ3) is 4.13. The number of benzene rings is 2. The molecule has 2 rings (SSSR count). The standard InChI is InChI=1S/C20H27N3/c1-7-22(5)14-21-19-12-17(4)20(13-16(19)3)23(6)18-10-8-15(2)9-11-18/h8-14H,7H2,1-6H3.